The quantitative estimate of drug-likeness (QED) is 0.915. The summed E-state index contributed by atoms with van der Waals surface area (Å²) in [5, 5.41) is 12.8. The summed E-state index contributed by atoms with van der Waals surface area (Å²) in [6.07, 6.45) is 4.76. The van der Waals surface area contributed by atoms with Gasteiger partial charge in [0.15, 0.2) is 0 Å². The van der Waals surface area contributed by atoms with Crippen molar-refractivity contribution in [1.82, 2.24) is 24.9 Å². The molecule has 2 rings (SSSR count). The minimum atomic E-state index is 0.00949. The predicted octanol–water partition coefficient (Wildman–Crippen LogP) is 2.30. The molecule has 0 aliphatic carbocycles. The van der Waals surface area contributed by atoms with Crippen molar-refractivity contribution in [1.29, 1.82) is 0 Å². The van der Waals surface area contributed by atoms with Crippen molar-refractivity contribution >= 4 is 11.6 Å². The molecule has 0 bridgehead atoms. The molecule has 0 spiro atoms. The Bertz CT molecular complexity index is 557. The largest absolute Gasteiger partial charge is 0.308 e. The molecule has 19 heavy (non-hydrogen) atoms. The Balaban J connectivity index is 2.47. The Morgan fingerprint density at radius 3 is 2.74 bits per heavy atom. The molecule has 0 aliphatic heterocycles. The van der Waals surface area contributed by atoms with Gasteiger partial charge in [0.2, 0.25) is 0 Å². The lowest BCUT2D eigenvalue weighted by atomic mass is 10.0. The summed E-state index contributed by atoms with van der Waals surface area (Å²) in [4.78, 5) is 0. The monoisotopic (exact) mass is 281 g/mol. The van der Waals surface area contributed by atoms with Crippen LogP contribution in [0.5, 0.6) is 0 Å². The Morgan fingerprint density at radius 2 is 2.21 bits per heavy atom. The normalized spacial score (nSPS) is 12.9. The van der Waals surface area contributed by atoms with E-state index in [2.05, 4.69) is 22.4 Å². The maximum absolute atomic E-state index is 6.31. The average molecular weight is 282 g/mol. The smallest absolute Gasteiger partial charge is 0.0837 e. The number of hydrogen-bond acceptors (Lipinski definition) is 3. The van der Waals surface area contributed by atoms with Crippen LogP contribution in [0.1, 0.15) is 36.3 Å². The summed E-state index contributed by atoms with van der Waals surface area (Å²) in [5.41, 5.74) is 3.13. The van der Waals surface area contributed by atoms with Crippen molar-refractivity contribution in [3.05, 3.63) is 34.4 Å². The molecule has 2 aromatic heterocycles. The van der Waals surface area contributed by atoms with Gasteiger partial charge in [-0.3, -0.25) is 9.36 Å². The summed E-state index contributed by atoms with van der Waals surface area (Å²) in [5.74, 6) is 0. The van der Waals surface area contributed by atoms with Crippen LogP contribution in [0.3, 0.4) is 0 Å². The lowest BCUT2D eigenvalue weighted by molar-refractivity contribution is 0.534. The molecule has 1 atom stereocenters. The first-order chi connectivity index (χ1) is 9.08. The van der Waals surface area contributed by atoms with Crippen molar-refractivity contribution in [2.45, 2.75) is 32.9 Å². The molecular formula is C13H20ClN5. The zero-order valence-electron chi connectivity index (χ0n) is 11.8. The highest BCUT2D eigenvalue weighted by atomic mass is 35.5. The Labute approximate surface area is 118 Å². The van der Waals surface area contributed by atoms with Crippen LogP contribution in [0.4, 0.5) is 0 Å². The molecule has 0 amide bonds. The third-order valence-corrected chi connectivity index (χ3v) is 3.48. The Kier molecular flexibility index (Phi) is 4.27. The van der Waals surface area contributed by atoms with Gasteiger partial charge >= 0.3 is 0 Å². The summed E-state index contributed by atoms with van der Waals surface area (Å²) < 4.78 is 3.79. The second kappa shape index (κ2) is 5.75. The Hall–Kier alpha value is -1.33. The topological polar surface area (TPSA) is 47.7 Å². The van der Waals surface area contributed by atoms with E-state index in [0.717, 1.165) is 29.9 Å². The highest BCUT2D eigenvalue weighted by Gasteiger charge is 2.23. The van der Waals surface area contributed by atoms with Crippen LogP contribution < -0.4 is 5.32 Å². The molecular weight excluding hydrogens is 262 g/mol. The SMILES string of the molecule is CCCn1ncc(Cl)c1C(NC)c1cn(C)nc1C. The van der Waals surface area contributed by atoms with Crippen molar-refractivity contribution in [2.24, 2.45) is 7.05 Å². The van der Waals surface area contributed by atoms with E-state index in [1.54, 1.807) is 6.20 Å². The van der Waals surface area contributed by atoms with Gasteiger partial charge in [-0.15, -0.1) is 0 Å². The number of aromatic nitrogens is 4. The van der Waals surface area contributed by atoms with E-state index in [1.807, 2.05) is 36.6 Å². The third-order valence-electron chi connectivity index (χ3n) is 3.19. The predicted molar refractivity (Wildman–Crippen MR) is 76.4 cm³/mol. The third kappa shape index (κ3) is 2.67. The fraction of sp³-hybridized carbons (Fsp3) is 0.538. The number of nitrogens with one attached hydrogen (secondary N) is 1. The standard InChI is InChI=1S/C13H20ClN5/c1-5-6-19-13(11(14)7-16-19)12(15-3)10-8-18(4)17-9(10)2/h7-8,12,15H,5-6H2,1-4H3. The van der Waals surface area contributed by atoms with Gasteiger partial charge in [-0.05, 0) is 20.4 Å². The van der Waals surface area contributed by atoms with Crippen LogP contribution in [0, 0.1) is 6.92 Å². The molecule has 0 saturated heterocycles. The Morgan fingerprint density at radius 1 is 1.47 bits per heavy atom. The highest BCUT2D eigenvalue weighted by Crippen LogP contribution is 2.29. The number of hydrogen-bond donors (Lipinski definition) is 1. The minimum Gasteiger partial charge on any atom is -0.308 e. The first-order valence-electron chi connectivity index (χ1n) is 6.47. The molecule has 0 aromatic carbocycles. The van der Waals surface area contributed by atoms with Crippen molar-refractivity contribution in [3.8, 4) is 0 Å². The second-order valence-electron chi connectivity index (χ2n) is 4.67. The molecule has 1 unspecified atom stereocenters. The highest BCUT2D eigenvalue weighted by molar-refractivity contribution is 6.31. The van der Waals surface area contributed by atoms with Crippen LogP contribution in [-0.4, -0.2) is 26.6 Å². The summed E-state index contributed by atoms with van der Waals surface area (Å²) in [6.45, 7) is 5.00. The maximum atomic E-state index is 6.31. The summed E-state index contributed by atoms with van der Waals surface area (Å²) >= 11 is 6.31. The van der Waals surface area contributed by atoms with E-state index in [-0.39, 0.29) is 6.04 Å². The zero-order valence-corrected chi connectivity index (χ0v) is 12.6. The maximum Gasteiger partial charge on any atom is 0.0837 e. The lowest BCUT2D eigenvalue weighted by Gasteiger charge is -2.18. The number of rotatable bonds is 5. The summed E-state index contributed by atoms with van der Waals surface area (Å²) in [6, 6.07) is 0.00949. The molecule has 0 fully saturated rings. The van der Waals surface area contributed by atoms with Crippen molar-refractivity contribution in [2.75, 3.05) is 7.05 Å². The van der Waals surface area contributed by atoms with Gasteiger partial charge in [0.25, 0.3) is 0 Å². The van der Waals surface area contributed by atoms with Gasteiger partial charge in [0.1, 0.15) is 0 Å². The van der Waals surface area contributed by atoms with E-state index in [9.17, 15) is 0 Å². The zero-order chi connectivity index (χ0) is 14.0. The van der Waals surface area contributed by atoms with Crippen LogP contribution >= 0.6 is 11.6 Å². The molecule has 6 heteroatoms. The molecule has 1 N–H and O–H groups in total. The molecule has 2 heterocycles. The molecule has 5 nitrogen and oxygen atoms in total. The molecule has 104 valence electrons. The molecule has 0 aliphatic rings. The van der Waals surface area contributed by atoms with Gasteiger partial charge in [0.05, 0.1) is 28.6 Å². The van der Waals surface area contributed by atoms with Gasteiger partial charge in [-0.25, -0.2) is 0 Å². The first-order valence-corrected chi connectivity index (χ1v) is 6.84. The number of aryl methyl sites for hydroxylation is 3. The first kappa shape index (κ1) is 14.1. The van der Waals surface area contributed by atoms with Gasteiger partial charge in [-0.2, -0.15) is 10.2 Å². The van der Waals surface area contributed by atoms with E-state index in [1.165, 1.54) is 0 Å². The molecule has 2 aromatic rings. The van der Waals surface area contributed by atoms with E-state index in [0.29, 0.717) is 5.02 Å². The number of nitrogens with zero attached hydrogens (tertiary/aromatic N) is 4. The van der Waals surface area contributed by atoms with Gasteiger partial charge < -0.3 is 5.32 Å². The molecule has 0 saturated carbocycles. The molecule has 0 radical (unpaired) electrons. The fourth-order valence-corrected chi connectivity index (χ4v) is 2.64. The van der Waals surface area contributed by atoms with Crippen LogP contribution in [0.15, 0.2) is 12.4 Å². The van der Waals surface area contributed by atoms with Gasteiger partial charge in [0, 0.05) is 25.4 Å². The lowest BCUT2D eigenvalue weighted by Crippen LogP contribution is -2.22. The second-order valence-corrected chi connectivity index (χ2v) is 5.07. The van der Waals surface area contributed by atoms with E-state index < -0.39 is 0 Å². The van der Waals surface area contributed by atoms with Gasteiger partial charge in [-0.1, -0.05) is 18.5 Å². The minimum absolute atomic E-state index is 0.00949. The van der Waals surface area contributed by atoms with Crippen LogP contribution in [0.2, 0.25) is 5.02 Å². The fourth-order valence-electron chi connectivity index (χ4n) is 2.39. The summed E-state index contributed by atoms with van der Waals surface area (Å²) in [7, 11) is 3.85. The van der Waals surface area contributed by atoms with Crippen molar-refractivity contribution < 1.29 is 0 Å². The average Bonchev–Trinajstić information content (AvgIpc) is 2.87. The van der Waals surface area contributed by atoms with Crippen LogP contribution in [-0.2, 0) is 13.6 Å². The van der Waals surface area contributed by atoms with E-state index in [4.69, 9.17) is 11.6 Å². The van der Waals surface area contributed by atoms with Crippen LogP contribution in [0.25, 0.3) is 0 Å². The van der Waals surface area contributed by atoms with E-state index >= 15 is 0 Å². The number of halogens is 1. The van der Waals surface area contributed by atoms with Crippen molar-refractivity contribution in [3.63, 3.8) is 0 Å².